The summed E-state index contributed by atoms with van der Waals surface area (Å²) >= 11 is 0. The molecule has 0 unspecified atom stereocenters. The van der Waals surface area contributed by atoms with Crippen LogP contribution in [0.2, 0.25) is 0 Å². The quantitative estimate of drug-likeness (QED) is 0.721. The highest BCUT2D eigenvalue weighted by atomic mass is 32.2. The van der Waals surface area contributed by atoms with Crippen molar-refractivity contribution in [2.75, 3.05) is 26.2 Å². The molecule has 2 heterocycles. The van der Waals surface area contributed by atoms with Gasteiger partial charge < -0.3 is 4.90 Å². The maximum absolute atomic E-state index is 13.2. The Morgan fingerprint density at radius 3 is 2.45 bits per heavy atom. The highest BCUT2D eigenvalue weighted by Gasteiger charge is 2.32. The number of aromatic nitrogens is 2. The number of carbonyl (C=O) groups is 1. The Morgan fingerprint density at radius 1 is 1.07 bits per heavy atom. The molecule has 1 aliphatic rings. The van der Waals surface area contributed by atoms with Crippen molar-refractivity contribution in [3.05, 3.63) is 47.3 Å². The minimum Gasteiger partial charge on any atom is -0.341 e. The average molecular weight is 419 g/mol. The van der Waals surface area contributed by atoms with Crippen LogP contribution in [0.25, 0.3) is 0 Å². The van der Waals surface area contributed by atoms with E-state index in [1.165, 1.54) is 9.87 Å². The summed E-state index contributed by atoms with van der Waals surface area (Å²) in [6.45, 7) is 5.26. The Bertz CT molecular complexity index is 954. The zero-order chi connectivity index (χ0) is 21.0. The van der Waals surface area contributed by atoms with Crippen LogP contribution in [-0.2, 0) is 28.3 Å². The van der Waals surface area contributed by atoms with Crippen molar-refractivity contribution in [1.82, 2.24) is 19.0 Å². The molecule has 0 spiro atoms. The van der Waals surface area contributed by atoms with Gasteiger partial charge in [0.15, 0.2) is 0 Å². The number of sulfonamides is 1. The van der Waals surface area contributed by atoms with Crippen molar-refractivity contribution >= 4 is 15.9 Å². The highest BCUT2D eigenvalue weighted by Crippen LogP contribution is 2.24. The minimum absolute atomic E-state index is 0.105. The van der Waals surface area contributed by atoms with Gasteiger partial charge in [0.05, 0.1) is 11.4 Å². The number of rotatable bonds is 6. The van der Waals surface area contributed by atoms with E-state index in [1.54, 1.807) is 25.6 Å². The Kier molecular flexibility index (Phi) is 6.74. The third-order valence-corrected chi connectivity index (χ3v) is 7.70. The normalized spacial score (nSPS) is 16.0. The Balaban J connectivity index is 1.59. The lowest BCUT2D eigenvalue weighted by atomic mass is 10.1. The van der Waals surface area contributed by atoms with Gasteiger partial charge >= 0.3 is 0 Å². The van der Waals surface area contributed by atoms with Gasteiger partial charge in [-0.05, 0) is 38.7 Å². The van der Waals surface area contributed by atoms with E-state index in [9.17, 15) is 13.2 Å². The molecule has 0 aliphatic carbocycles. The monoisotopic (exact) mass is 418 g/mol. The fraction of sp³-hybridized carbons (Fsp3) is 0.524. The standard InChI is InChI=1S/C21H30N4O3S/c1-17-21(18(2)23(3)22-17)29(27,28)25-14-8-13-24(15-16-25)20(26)12-7-11-19-9-5-4-6-10-19/h4-6,9-10H,7-8,11-16H2,1-3H3. The van der Waals surface area contributed by atoms with Gasteiger partial charge in [-0.1, -0.05) is 30.3 Å². The summed E-state index contributed by atoms with van der Waals surface area (Å²) in [6.07, 6.45) is 2.81. The van der Waals surface area contributed by atoms with E-state index < -0.39 is 10.0 Å². The lowest BCUT2D eigenvalue weighted by molar-refractivity contribution is -0.131. The van der Waals surface area contributed by atoms with Crippen molar-refractivity contribution in [1.29, 1.82) is 0 Å². The fourth-order valence-corrected chi connectivity index (χ4v) is 5.76. The molecule has 1 aromatic heterocycles. The number of hydrogen-bond donors (Lipinski definition) is 0. The third-order valence-electron chi connectivity index (χ3n) is 5.55. The van der Waals surface area contributed by atoms with Crippen LogP contribution >= 0.6 is 0 Å². The molecule has 3 rings (SSSR count). The summed E-state index contributed by atoms with van der Waals surface area (Å²) in [5, 5.41) is 4.24. The van der Waals surface area contributed by atoms with Crippen LogP contribution in [0.3, 0.4) is 0 Å². The molecule has 7 nitrogen and oxygen atoms in total. The predicted molar refractivity (Wildman–Crippen MR) is 112 cm³/mol. The van der Waals surface area contributed by atoms with Crippen LogP contribution in [0.1, 0.15) is 36.2 Å². The fourth-order valence-electron chi connectivity index (χ4n) is 3.89. The molecular formula is C21H30N4O3S. The van der Waals surface area contributed by atoms with Gasteiger partial charge in [-0.25, -0.2) is 8.42 Å². The topological polar surface area (TPSA) is 75.5 Å². The third kappa shape index (κ3) is 4.87. The molecule has 1 amide bonds. The van der Waals surface area contributed by atoms with Gasteiger partial charge in [-0.3, -0.25) is 9.48 Å². The van der Waals surface area contributed by atoms with Crippen LogP contribution in [0.4, 0.5) is 0 Å². The van der Waals surface area contributed by atoms with E-state index >= 15 is 0 Å². The summed E-state index contributed by atoms with van der Waals surface area (Å²) in [4.78, 5) is 14.7. The van der Waals surface area contributed by atoms with E-state index in [2.05, 4.69) is 17.2 Å². The minimum atomic E-state index is -3.62. The molecule has 1 saturated heterocycles. The van der Waals surface area contributed by atoms with Gasteiger partial charge in [0, 0.05) is 39.6 Å². The Labute approximate surface area is 173 Å². The Hall–Kier alpha value is -2.19. The molecule has 1 fully saturated rings. The zero-order valence-electron chi connectivity index (χ0n) is 17.5. The smallest absolute Gasteiger partial charge is 0.246 e. The second-order valence-electron chi connectivity index (χ2n) is 7.60. The summed E-state index contributed by atoms with van der Waals surface area (Å²) in [6, 6.07) is 10.1. The maximum Gasteiger partial charge on any atom is 0.246 e. The van der Waals surface area contributed by atoms with Gasteiger partial charge in [0.25, 0.3) is 0 Å². The first kappa shape index (κ1) is 21.5. The molecule has 0 atom stereocenters. The van der Waals surface area contributed by atoms with Crippen molar-refractivity contribution in [2.45, 2.75) is 44.4 Å². The van der Waals surface area contributed by atoms with E-state index in [1.807, 2.05) is 23.1 Å². The van der Waals surface area contributed by atoms with Crippen LogP contribution in [-0.4, -0.2) is 59.5 Å². The summed E-state index contributed by atoms with van der Waals surface area (Å²) in [5.74, 6) is 0.105. The SMILES string of the molecule is Cc1nn(C)c(C)c1S(=O)(=O)N1CCCN(C(=O)CCCc2ccccc2)CC1. The largest absolute Gasteiger partial charge is 0.341 e. The highest BCUT2D eigenvalue weighted by molar-refractivity contribution is 7.89. The summed E-state index contributed by atoms with van der Waals surface area (Å²) in [7, 11) is -1.87. The number of hydrogen-bond acceptors (Lipinski definition) is 4. The molecule has 0 bridgehead atoms. The molecule has 0 N–H and O–H groups in total. The van der Waals surface area contributed by atoms with Crippen LogP contribution in [0.15, 0.2) is 35.2 Å². The molecule has 0 saturated carbocycles. The molecule has 0 radical (unpaired) electrons. The number of carbonyl (C=O) groups excluding carboxylic acids is 1. The molecular weight excluding hydrogens is 388 g/mol. The van der Waals surface area contributed by atoms with E-state index in [4.69, 9.17) is 0 Å². The van der Waals surface area contributed by atoms with E-state index in [0.717, 1.165) is 12.8 Å². The predicted octanol–water partition coefficient (Wildman–Crippen LogP) is 2.28. The van der Waals surface area contributed by atoms with Crippen molar-refractivity contribution in [3.63, 3.8) is 0 Å². The molecule has 8 heteroatoms. The summed E-state index contributed by atoms with van der Waals surface area (Å²) < 4.78 is 29.4. The number of amides is 1. The zero-order valence-corrected chi connectivity index (χ0v) is 18.3. The first-order chi connectivity index (χ1) is 13.8. The number of nitrogens with zero attached hydrogens (tertiary/aromatic N) is 4. The molecule has 2 aromatic rings. The van der Waals surface area contributed by atoms with Gasteiger partial charge in [-0.2, -0.15) is 9.40 Å². The van der Waals surface area contributed by atoms with Crippen LogP contribution < -0.4 is 0 Å². The first-order valence-electron chi connectivity index (χ1n) is 10.1. The number of benzene rings is 1. The van der Waals surface area contributed by atoms with Crippen molar-refractivity contribution in [2.24, 2.45) is 7.05 Å². The lowest BCUT2D eigenvalue weighted by Crippen LogP contribution is -2.37. The molecule has 1 aliphatic heterocycles. The van der Waals surface area contributed by atoms with Crippen molar-refractivity contribution in [3.8, 4) is 0 Å². The van der Waals surface area contributed by atoms with Crippen LogP contribution in [0, 0.1) is 13.8 Å². The van der Waals surface area contributed by atoms with Crippen molar-refractivity contribution < 1.29 is 13.2 Å². The lowest BCUT2D eigenvalue weighted by Gasteiger charge is -2.22. The van der Waals surface area contributed by atoms with Gasteiger partial charge in [-0.15, -0.1) is 0 Å². The maximum atomic E-state index is 13.2. The van der Waals surface area contributed by atoms with Crippen LogP contribution in [0.5, 0.6) is 0 Å². The molecule has 29 heavy (non-hydrogen) atoms. The second kappa shape index (κ2) is 9.09. The Morgan fingerprint density at radius 2 is 1.79 bits per heavy atom. The first-order valence-corrected chi connectivity index (χ1v) is 11.6. The summed E-state index contributed by atoms with van der Waals surface area (Å²) in [5.41, 5.74) is 2.39. The van der Waals surface area contributed by atoms with Gasteiger partial charge in [0.1, 0.15) is 4.90 Å². The van der Waals surface area contributed by atoms with E-state index in [0.29, 0.717) is 55.3 Å². The molecule has 1 aromatic carbocycles. The average Bonchev–Trinajstić information content (AvgIpc) is 2.87. The van der Waals surface area contributed by atoms with E-state index in [-0.39, 0.29) is 5.91 Å². The second-order valence-corrected chi connectivity index (χ2v) is 9.48. The van der Waals surface area contributed by atoms with Gasteiger partial charge in [0.2, 0.25) is 15.9 Å². The molecule has 158 valence electrons. The number of aryl methyl sites for hydroxylation is 3.